The summed E-state index contributed by atoms with van der Waals surface area (Å²) in [6.07, 6.45) is 0.378. The average Bonchev–Trinajstić information content (AvgIpc) is 3.35. The third kappa shape index (κ3) is 4.94. The van der Waals surface area contributed by atoms with Gasteiger partial charge in [-0.05, 0) is 42.0 Å². The highest BCUT2D eigenvalue weighted by molar-refractivity contribution is 7.18. The first-order valence-corrected chi connectivity index (χ1v) is 10.6. The number of carbonyl (C=O) groups is 2. The van der Waals surface area contributed by atoms with Gasteiger partial charge < -0.3 is 15.4 Å². The smallest absolute Gasteiger partial charge is 0.229 e. The molecular weight excluding hydrogens is 426 g/mol. The minimum atomic E-state index is -0.196. The molecule has 2 amide bonds. The van der Waals surface area contributed by atoms with E-state index < -0.39 is 0 Å². The third-order valence-electron chi connectivity index (χ3n) is 4.70. The van der Waals surface area contributed by atoms with Crippen LogP contribution in [0, 0.1) is 11.3 Å². The van der Waals surface area contributed by atoms with Crippen LogP contribution in [0.2, 0.25) is 0 Å². The maximum absolute atomic E-state index is 12.4. The van der Waals surface area contributed by atoms with Crippen LogP contribution < -0.4 is 15.4 Å². The Kier molecular flexibility index (Phi) is 6.14. The number of carbonyl (C=O) groups excluding carboxylic acids is 2. The highest BCUT2D eigenvalue weighted by atomic mass is 32.1. The zero-order valence-corrected chi connectivity index (χ0v) is 18.0. The van der Waals surface area contributed by atoms with Crippen molar-refractivity contribution in [3.05, 3.63) is 70.6 Å². The van der Waals surface area contributed by atoms with E-state index in [2.05, 4.69) is 20.8 Å². The summed E-state index contributed by atoms with van der Waals surface area (Å²) < 4.78 is 5.13. The number of anilines is 2. The summed E-state index contributed by atoms with van der Waals surface area (Å²) in [6.45, 7) is 0. The summed E-state index contributed by atoms with van der Waals surface area (Å²) in [5.74, 6) is 0.863. The number of amides is 2. The van der Waals surface area contributed by atoms with Crippen molar-refractivity contribution in [3.8, 4) is 11.8 Å². The predicted octanol–water partition coefficient (Wildman–Crippen LogP) is 3.87. The molecule has 2 aromatic carbocycles. The minimum Gasteiger partial charge on any atom is -0.497 e. The molecule has 0 unspecified atom stereocenters. The Balaban J connectivity index is 1.39. The van der Waals surface area contributed by atoms with Gasteiger partial charge in [0.25, 0.3) is 0 Å². The molecule has 0 atom stereocenters. The van der Waals surface area contributed by atoms with Gasteiger partial charge >= 0.3 is 0 Å². The molecule has 4 aromatic rings. The van der Waals surface area contributed by atoms with Crippen molar-refractivity contribution in [3.63, 3.8) is 0 Å². The van der Waals surface area contributed by atoms with Gasteiger partial charge in [-0.25, -0.2) is 0 Å². The number of methoxy groups -OCH3 is 1. The molecule has 2 aromatic heterocycles. The van der Waals surface area contributed by atoms with Gasteiger partial charge in [0, 0.05) is 10.6 Å². The lowest BCUT2D eigenvalue weighted by Crippen LogP contribution is -2.15. The molecular formula is C23H19N5O3S. The molecule has 4 rings (SSSR count). The van der Waals surface area contributed by atoms with E-state index in [0.29, 0.717) is 21.9 Å². The SMILES string of the molecule is COc1ccc(CC(=O)Nc2[nH]nc3sc(CC(=O)Nc4cccc(C#N)c4)cc23)cc1. The fourth-order valence-corrected chi connectivity index (χ4v) is 4.18. The summed E-state index contributed by atoms with van der Waals surface area (Å²) in [4.78, 5) is 26.4. The maximum atomic E-state index is 12.4. The Labute approximate surface area is 187 Å². The van der Waals surface area contributed by atoms with Crippen molar-refractivity contribution in [1.82, 2.24) is 10.2 Å². The molecule has 0 aliphatic carbocycles. The summed E-state index contributed by atoms with van der Waals surface area (Å²) in [6, 6.07) is 17.9. The number of nitrogens with zero attached hydrogens (tertiary/aromatic N) is 2. The maximum Gasteiger partial charge on any atom is 0.229 e. The van der Waals surface area contributed by atoms with E-state index in [-0.39, 0.29) is 24.7 Å². The first-order valence-electron chi connectivity index (χ1n) is 9.73. The van der Waals surface area contributed by atoms with Crippen molar-refractivity contribution in [2.24, 2.45) is 0 Å². The van der Waals surface area contributed by atoms with Crippen LogP contribution in [0.4, 0.5) is 11.5 Å². The molecule has 0 fully saturated rings. The summed E-state index contributed by atoms with van der Waals surface area (Å²) in [7, 11) is 1.59. The number of hydrogen-bond donors (Lipinski definition) is 3. The Morgan fingerprint density at radius 2 is 1.88 bits per heavy atom. The molecule has 0 saturated carbocycles. The van der Waals surface area contributed by atoms with Crippen LogP contribution in [0.1, 0.15) is 16.0 Å². The number of benzene rings is 2. The van der Waals surface area contributed by atoms with Crippen LogP contribution in [0.15, 0.2) is 54.6 Å². The number of rotatable bonds is 7. The second kappa shape index (κ2) is 9.32. The molecule has 0 saturated heterocycles. The number of H-pyrrole nitrogens is 1. The Morgan fingerprint density at radius 1 is 1.09 bits per heavy atom. The molecule has 0 spiro atoms. The van der Waals surface area contributed by atoms with E-state index in [1.54, 1.807) is 31.4 Å². The normalized spacial score (nSPS) is 10.5. The lowest BCUT2D eigenvalue weighted by Gasteiger charge is -2.05. The average molecular weight is 446 g/mol. The number of hydrogen-bond acceptors (Lipinski definition) is 6. The first-order chi connectivity index (χ1) is 15.5. The summed E-state index contributed by atoms with van der Waals surface area (Å²) in [5, 5.41) is 22.4. The van der Waals surface area contributed by atoms with Crippen molar-refractivity contribution >= 4 is 44.9 Å². The number of nitrogens with one attached hydrogen (secondary N) is 3. The highest BCUT2D eigenvalue weighted by Crippen LogP contribution is 2.30. The molecule has 8 nitrogen and oxygen atoms in total. The van der Waals surface area contributed by atoms with Gasteiger partial charge in [0.2, 0.25) is 11.8 Å². The molecule has 0 aliphatic rings. The fraction of sp³-hybridized carbons (Fsp3) is 0.130. The molecule has 0 bridgehead atoms. The first kappa shape index (κ1) is 21.1. The van der Waals surface area contributed by atoms with Crippen LogP contribution in [0.3, 0.4) is 0 Å². The quantitative estimate of drug-likeness (QED) is 0.399. The van der Waals surface area contributed by atoms with Gasteiger partial charge in [-0.1, -0.05) is 18.2 Å². The monoisotopic (exact) mass is 445 g/mol. The lowest BCUT2D eigenvalue weighted by molar-refractivity contribution is -0.116. The van der Waals surface area contributed by atoms with Gasteiger partial charge in [-0.15, -0.1) is 11.3 Å². The minimum absolute atomic E-state index is 0.164. The van der Waals surface area contributed by atoms with Crippen molar-refractivity contribution in [1.29, 1.82) is 5.26 Å². The van der Waals surface area contributed by atoms with E-state index in [9.17, 15) is 9.59 Å². The van der Waals surface area contributed by atoms with Crippen molar-refractivity contribution < 1.29 is 14.3 Å². The van der Waals surface area contributed by atoms with E-state index >= 15 is 0 Å². The molecule has 32 heavy (non-hydrogen) atoms. The van der Waals surface area contributed by atoms with Crippen molar-refractivity contribution in [2.45, 2.75) is 12.8 Å². The van der Waals surface area contributed by atoms with E-state index in [1.807, 2.05) is 36.4 Å². The second-order valence-electron chi connectivity index (χ2n) is 7.02. The Morgan fingerprint density at radius 3 is 2.62 bits per heavy atom. The van der Waals surface area contributed by atoms with Gasteiger partial charge in [0.05, 0.1) is 37.0 Å². The number of aromatic amines is 1. The summed E-state index contributed by atoms with van der Waals surface area (Å²) in [5.41, 5.74) is 1.91. The van der Waals surface area contributed by atoms with Crippen molar-refractivity contribution in [2.75, 3.05) is 17.7 Å². The molecule has 160 valence electrons. The largest absolute Gasteiger partial charge is 0.497 e. The number of thiophene rings is 1. The van der Waals surface area contributed by atoms with Crippen LogP contribution in [-0.2, 0) is 22.4 Å². The zero-order valence-electron chi connectivity index (χ0n) is 17.1. The number of fused-ring (bicyclic) bond motifs is 1. The predicted molar refractivity (Wildman–Crippen MR) is 123 cm³/mol. The zero-order chi connectivity index (χ0) is 22.5. The topological polar surface area (TPSA) is 120 Å². The van der Waals surface area contributed by atoms with E-state index in [1.165, 1.54) is 11.3 Å². The Bertz CT molecular complexity index is 1320. The van der Waals surface area contributed by atoms with Gasteiger partial charge in [0.15, 0.2) is 0 Å². The molecule has 0 aliphatic heterocycles. The lowest BCUT2D eigenvalue weighted by atomic mass is 10.1. The van der Waals surface area contributed by atoms with Gasteiger partial charge in [-0.2, -0.15) is 10.4 Å². The van der Waals surface area contributed by atoms with Gasteiger partial charge in [0.1, 0.15) is 16.4 Å². The fourth-order valence-electron chi connectivity index (χ4n) is 3.19. The van der Waals surface area contributed by atoms with Crippen LogP contribution in [0.25, 0.3) is 10.2 Å². The Hall–Kier alpha value is -4.16. The molecule has 2 heterocycles. The van der Waals surface area contributed by atoms with Crippen LogP contribution in [0.5, 0.6) is 5.75 Å². The number of nitriles is 1. The standard InChI is InChI=1S/C23H19N5O3S/c1-31-17-7-5-14(6-8-17)10-20(29)26-22-19-11-18(32-23(19)28-27-22)12-21(30)25-16-4-2-3-15(9-16)13-24/h2-9,11H,10,12H2,1H3,(H,25,30)(H2,26,27,28,29). The highest BCUT2D eigenvalue weighted by Gasteiger charge is 2.15. The number of ether oxygens (including phenoxy) is 1. The third-order valence-corrected chi connectivity index (χ3v) is 5.73. The van der Waals surface area contributed by atoms with Gasteiger partial charge in [-0.3, -0.25) is 14.7 Å². The number of aromatic nitrogens is 2. The molecule has 3 N–H and O–H groups in total. The second-order valence-corrected chi connectivity index (χ2v) is 8.14. The van der Waals surface area contributed by atoms with E-state index in [4.69, 9.17) is 10.00 Å². The molecule has 9 heteroatoms. The molecule has 0 radical (unpaired) electrons. The van der Waals surface area contributed by atoms with E-state index in [0.717, 1.165) is 21.6 Å². The summed E-state index contributed by atoms with van der Waals surface area (Å²) >= 11 is 1.38. The van der Waals surface area contributed by atoms with Crippen LogP contribution in [-0.4, -0.2) is 29.1 Å². The van der Waals surface area contributed by atoms with Crippen LogP contribution >= 0.6 is 11.3 Å².